The van der Waals surface area contributed by atoms with Gasteiger partial charge in [-0.25, -0.2) is 8.42 Å². The molecule has 0 aliphatic carbocycles. The molecule has 3 rings (SSSR count). The van der Waals surface area contributed by atoms with Crippen LogP contribution >= 0.6 is 0 Å². The third-order valence-electron chi connectivity index (χ3n) is 5.30. The number of rotatable bonds is 6. The summed E-state index contributed by atoms with van der Waals surface area (Å²) in [6.45, 7) is 2.94. The maximum atomic E-state index is 13.0. The van der Waals surface area contributed by atoms with E-state index in [1.807, 2.05) is 4.90 Å². The Morgan fingerprint density at radius 2 is 1.62 bits per heavy atom. The van der Waals surface area contributed by atoms with Gasteiger partial charge in [0.05, 0.1) is 23.7 Å². The highest BCUT2D eigenvalue weighted by atomic mass is 32.2. The van der Waals surface area contributed by atoms with E-state index in [0.717, 1.165) is 38.8 Å². The number of morpholine rings is 1. The van der Waals surface area contributed by atoms with Crippen LogP contribution in [0.25, 0.3) is 0 Å². The number of carbonyl (C=O) groups is 2. The van der Waals surface area contributed by atoms with Crippen molar-refractivity contribution in [1.82, 2.24) is 14.5 Å². The number of hydrogen-bond donors (Lipinski definition) is 1. The van der Waals surface area contributed by atoms with Crippen molar-refractivity contribution in [2.45, 2.75) is 37.0 Å². The summed E-state index contributed by atoms with van der Waals surface area (Å²) in [5.41, 5.74) is 0.0983. The lowest BCUT2D eigenvalue weighted by atomic mass is 10.2. The molecule has 1 N–H and O–H groups in total. The second-order valence-corrected chi connectivity index (χ2v) is 9.22. The van der Waals surface area contributed by atoms with Crippen LogP contribution in [0, 0.1) is 0 Å². The summed E-state index contributed by atoms with van der Waals surface area (Å²) < 4.78 is 32.5. The van der Waals surface area contributed by atoms with E-state index in [4.69, 9.17) is 4.74 Å². The molecule has 0 aromatic heterocycles. The Kier molecular flexibility index (Phi) is 7.63. The molecule has 0 bridgehead atoms. The number of carbonyl (C=O) groups excluding carboxylic acids is 2. The van der Waals surface area contributed by atoms with Crippen molar-refractivity contribution in [2.24, 2.45) is 0 Å². The van der Waals surface area contributed by atoms with Gasteiger partial charge in [0.15, 0.2) is 0 Å². The smallest absolute Gasteiger partial charge is 0.252 e. The Balaban J connectivity index is 1.62. The highest BCUT2D eigenvalue weighted by Crippen LogP contribution is 2.21. The van der Waals surface area contributed by atoms with Crippen LogP contribution in [0.3, 0.4) is 0 Å². The third kappa shape index (κ3) is 5.55. The predicted molar refractivity (Wildman–Crippen MR) is 108 cm³/mol. The first-order valence-corrected chi connectivity index (χ1v) is 11.7. The van der Waals surface area contributed by atoms with Crippen LogP contribution in [-0.4, -0.2) is 75.4 Å². The second kappa shape index (κ2) is 10.2. The topological polar surface area (TPSA) is 96.0 Å². The van der Waals surface area contributed by atoms with Gasteiger partial charge < -0.3 is 15.0 Å². The van der Waals surface area contributed by atoms with Crippen molar-refractivity contribution >= 4 is 21.8 Å². The molecule has 2 heterocycles. The lowest BCUT2D eigenvalue weighted by molar-refractivity contribution is -0.131. The van der Waals surface area contributed by atoms with Crippen LogP contribution < -0.4 is 5.32 Å². The molecule has 0 radical (unpaired) electrons. The number of nitrogens with one attached hydrogen (secondary N) is 1. The van der Waals surface area contributed by atoms with Gasteiger partial charge in [0.2, 0.25) is 15.9 Å². The Morgan fingerprint density at radius 3 is 2.31 bits per heavy atom. The molecule has 0 atom stereocenters. The number of amides is 2. The normalized spacial score (nSPS) is 18.8. The first kappa shape index (κ1) is 21.7. The number of hydrogen-bond acceptors (Lipinski definition) is 5. The number of sulfonamides is 1. The van der Waals surface area contributed by atoms with Gasteiger partial charge in [-0.05, 0) is 25.0 Å². The molecule has 2 aliphatic heterocycles. The quantitative estimate of drug-likeness (QED) is 0.742. The van der Waals surface area contributed by atoms with E-state index in [1.165, 1.54) is 16.4 Å². The second-order valence-electron chi connectivity index (χ2n) is 7.31. The molecule has 2 saturated heterocycles. The van der Waals surface area contributed by atoms with Gasteiger partial charge in [-0.2, -0.15) is 4.31 Å². The maximum Gasteiger partial charge on any atom is 0.252 e. The molecule has 1 aromatic carbocycles. The Bertz CT molecular complexity index is 813. The van der Waals surface area contributed by atoms with Crippen molar-refractivity contribution in [3.05, 3.63) is 29.8 Å². The van der Waals surface area contributed by atoms with Crippen molar-refractivity contribution in [3.63, 3.8) is 0 Å². The predicted octanol–water partition coefficient (Wildman–Crippen LogP) is 1.23. The number of ether oxygens (including phenoxy) is 1. The molecular weight excluding hydrogens is 394 g/mol. The van der Waals surface area contributed by atoms with Crippen LogP contribution in [0.1, 0.15) is 42.5 Å². The summed E-state index contributed by atoms with van der Waals surface area (Å²) in [7, 11) is -3.78. The van der Waals surface area contributed by atoms with E-state index in [1.54, 1.807) is 12.1 Å². The molecule has 2 aliphatic rings. The van der Waals surface area contributed by atoms with Crippen LogP contribution in [-0.2, 0) is 19.6 Å². The van der Waals surface area contributed by atoms with Gasteiger partial charge in [0.1, 0.15) is 0 Å². The first-order chi connectivity index (χ1) is 14.0. The third-order valence-corrected chi connectivity index (χ3v) is 7.26. The molecule has 0 spiro atoms. The largest absolute Gasteiger partial charge is 0.379 e. The lowest BCUT2D eigenvalue weighted by Crippen LogP contribution is -2.41. The minimum absolute atomic E-state index is 0.0155. The summed E-state index contributed by atoms with van der Waals surface area (Å²) in [5, 5.41) is 2.71. The zero-order valence-electron chi connectivity index (χ0n) is 16.6. The number of nitrogens with zero attached hydrogens (tertiary/aromatic N) is 2. The molecule has 0 unspecified atom stereocenters. The molecular formula is C20H29N3O5S. The monoisotopic (exact) mass is 423 g/mol. The Labute approximate surface area is 172 Å². The SMILES string of the molecule is O=C(NCCC(=O)N1CCCCCC1)c1ccccc1S(=O)(=O)N1CCOCC1. The van der Waals surface area contributed by atoms with Crippen molar-refractivity contribution in [1.29, 1.82) is 0 Å². The van der Waals surface area contributed by atoms with Crippen molar-refractivity contribution in [3.8, 4) is 0 Å². The van der Waals surface area contributed by atoms with Crippen molar-refractivity contribution in [2.75, 3.05) is 45.9 Å². The summed E-state index contributed by atoms with van der Waals surface area (Å²) in [5.74, 6) is -0.456. The molecule has 9 heteroatoms. The molecule has 8 nitrogen and oxygen atoms in total. The first-order valence-electron chi connectivity index (χ1n) is 10.2. The van der Waals surface area contributed by atoms with Gasteiger partial charge in [-0.3, -0.25) is 9.59 Å². The Hall–Kier alpha value is -1.97. The fourth-order valence-electron chi connectivity index (χ4n) is 3.66. The van der Waals surface area contributed by atoms with E-state index in [0.29, 0.717) is 13.2 Å². The van der Waals surface area contributed by atoms with Gasteiger partial charge in [0, 0.05) is 39.1 Å². The van der Waals surface area contributed by atoms with E-state index in [9.17, 15) is 18.0 Å². The fraction of sp³-hybridized carbons (Fsp3) is 0.600. The minimum Gasteiger partial charge on any atom is -0.379 e. The van der Waals surface area contributed by atoms with E-state index in [-0.39, 0.29) is 42.4 Å². The summed E-state index contributed by atoms with van der Waals surface area (Å²) in [6, 6.07) is 6.18. The summed E-state index contributed by atoms with van der Waals surface area (Å²) in [6.07, 6.45) is 4.55. The van der Waals surface area contributed by atoms with Gasteiger partial charge in [-0.1, -0.05) is 25.0 Å². The molecule has 1 aromatic rings. The maximum absolute atomic E-state index is 13.0. The summed E-state index contributed by atoms with van der Waals surface area (Å²) >= 11 is 0. The molecule has 2 amide bonds. The van der Waals surface area contributed by atoms with Crippen LogP contribution in [0.5, 0.6) is 0 Å². The van der Waals surface area contributed by atoms with Crippen LogP contribution in [0.15, 0.2) is 29.2 Å². The standard InChI is InChI=1S/C20H29N3O5S/c24-19(22-11-5-1-2-6-12-22)9-10-21-20(25)17-7-3-4-8-18(17)29(26,27)23-13-15-28-16-14-23/h3-4,7-8H,1-2,5-6,9-16H2,(H,21,25). The molecule has 2 fully saturated rings. The van der Waals surface area contributed by atoms with E-state index in [2.05, 4.69) is 5.32 Å². The van der Waals surface area contributed by atoms with Crippen molar-refractivity contribution < 1.29 is 22.7 Å². The molecule has 160 valence electrons. The van der Waals surface area contributed by atoms with Gasteiger partial charge >= 0.3 is 0 Å². The zero-order valence-corrected chi connectivity index (χ0v) is 17.5. The average Bonchev–Trinajstić information content (AvgIpc) is 3.04. The molecule has 29 heavy (non-hydrogen) atoms. The minimum atomic E-state index is -3.78. The van der Waals surface area contributed by atoms with Gasteiger partial charge in [0.25, 0.3) is 5.91 Å². The van der Waals surface area contributed by atoms with Gasteiger partial charge in [-0.15, -0.1) is 0 Å². The van der Waals surface area contributed by atoms with Crippen LogP contribution in [0.4, 0.5) is 0 Å². The molecule has 0 saturated carbocycles. The highest BCUT2D eigenvalue weighted by Gasteiger charge is 2.30. The summed E-state index contributed by atoms with van der Waals surface area (Å²) in [4.78, 5) is 26.9. The number of likely N-dealkylation sites (tertiary alicyclic amines) is 1. The van der Waals surface area contributed by atoms with E-state index < -0.39 is 15.9 Å². The fourth-order valence-corrected chi connectivity index (χ4v) is 5.26. The van der Waals surface area contributed by atoms with Crippen LogP contribution in [0.2, 0.25) is 0 Å². The Morgan fingerprint density at radius 1 is 0.966 bits per heavy atom. The van der Waals surface area contributed by atoms with E-state index >= 15 is 0 Å². The highest BCUT2D eigenvalue weighted by molar-refractivity contribution is 7.89. The zero-order chi connectivity index (χ0) is 20.7. The number of benzene rings is 1. The lowest BCUT2D eigenvalue weighted by Gasteiger charge is -2.26. The average molecular weight is 424 g/mol.